The van der Waals surface area contributed by atoms with Crippen molar-refractivity contribution in [2.45, 2.75) is 58.2 Å². The second-order valence-electron chi connectivity index (χ2n) is 6.20. The minimum absolute atomic E-state index is 1.13. The third kappa shape index (κ3) is 2.97. The van der Waals surface area contributed by atoms with Crippen LogP contribution in [-0.4, -0.2) is 8.07 Å². The lowest BCUT2D eigenvalue weighted by atomic mass is 10.1. The van der Waals surface area contributed by atoms with Crippen LogP contribution in [0.3, 0.4) is 0 Å². The predicted molar refractivity (Wildman–Crippen MR) is 75.3 cm³/mol. The van der Waals surface area contributed by atoms with E-state index in [1.807, 2.05) is 0 Å². The van der Waals surface area contributed by atoms with Gasteiger partial charge in [-0.3, -0.25) is 0 Å². The maximum Gasteiger partial charge on any atom is 0.0776 e. The summed E-state index contributed by atoms with van der Waals surface area (Å²) in [5.41, 5.74) is 3.19. The summed E-state index contributed by atoms with van der Waals surface area (Å²) in [6, 6.07) is 7.43. The van der Waals surface area contributed by atoms with Gasteiger partial charge in [0.1, 0.15) is 0 Å². The SMILES string of the molecule is C[Si](C)(C)c1cc2cc(c1)CCCCCC2. The van der Waals surface area contributed by atoms with E-state index in [1.54, 1.807) is 16.3 Å². The molecular weight excluding hydrogens is 208 g/mol. The molecule has 1 heteroatoms. The van der Waals surface area contributed by atoms with Crippen molar-refractivity contribution in [1.29, 1.82) is 0 Å². The molecule has 0 atom stereocenters. The van der Waals surface area contributed by atoms with Crippen LogP contribution in [0.25, 0.3) is 0 Å². The van der Waals surface area contributed by atoms with E-state index in [0.29, 0.717) is 0 Å². The molecule has 2 rings (SSSR count). The van der Waals surface area contributed by atoms with E-state index >= 15 is 0 Å². The lowest BCUT2D eigenvalue weighted by molar-refractivity contribution is 0.649. The highest BCUT2D eigenvalue weighted by molar-refractivity contribution is 6.88. The van der Waals surface area contributed by atoms with E-state index < -0.39 is 8.07 Å². The molecule has 0 fully saturated rings. The average molecular weight is 232 g/mol. The van der Waals surface area contributed by atoms with Crippen molar-refractivity contribution >= 4 is 13.3 Å². The van der Waals surface area contributed by atoms with Gasteiger partial charge in [-0.1, -0.05) is 55.9 Å². The molecule has 88 valence electrons. The maximum absolute atomic E-state index is 2.49. The molecule has 0 spiro atoms. The van der Waals surface area contributed by atoms with Crippen LogP contribution in [0.1, 0.15) is 36.8 Å². The van der Waals surface area contributed by atoms with E-state index in [9.17, 15) is 0 Å². The van der Waals surface area contributed by atoms with Crippen LogP contribution in [0.2, 0.25) is 19.6 Å². The summed E-state index contributed by atoms with van der Waals surface area (Å²) >= 11 is 0. The molecule has 1 aliphatic rings. The van der Waals surface area contributed by atoms with Gasteiger partial charge in [-0.2, -0.15) is 0 Å². The quantitative estimate of drug-likeness (QED) is 0.644. The highest BCUT2D eigenvalue weighted by Gasteiger charge is 2.17. The standard InChI is InChI=1S/C15H24Si/c1-16(2,3)15-11-13-8-6-4-5-7-9-14(10-13)12-15/h10-12H,4-9H2,1-3H3. The third-order valence-electron chi connectivity index (χ3n) is 3.60. The molecule has 0 nitrogen and oxygen atoms in total. The van der Waals surface area contributed by atoms with Gasteiger partial charge in [-0.05, 0) is 36.8 Å². The number of fused-ring (bicyclic) bond motifs is 2. The first-order chi connectivity index (χ1) is 7.55. The monoisotopic (exact) mass is 232 g/mol. The molecule has 0 N–H and O–H groups in total. The zero-order chi connectivity index (χ0) is 11.6. The summed E-state index contributed by atoms with van der Waals surface area (Å²) in [6.07, 6.45) is 8.20. The summed E-state index contributed by atoms with van der Waals surface area (Å²) in [4.78, 5) is 0. The molecule has 0 radical (unpaired) electrons. The van der Waals surface area contributed by atoms with Crippen LogP contribution in [0.5, 0.6) is 0 Å². The van der Waals surface area contributed by atoms with E-state index in [1.165, 1.54) is 38.5 Å². The lowest BCUT2D eigenvalue weighted by Gasteiger charge is -2.19. The first-order valence-corrected chi connectivity index (χ1v) is 10.2. The van der Waals surface area contributed by atoms with E-state index in [0.717, 1.165) is 0 Å². The smallest absolute Gasteiger partial charge is 0.0656 e. The van der Waals surface area contributed by atoms with Gasteiger partial charge in [0.15, 0.2) is 0 Å². The first kappa shape index (κ1) is 11.9. The van der Waals surface area contributed by atoms with E-state index in [-0.39, 0.29) is 0 Å². The molecule has 1 aromatic rings. The molecule has 2 bridgehead atoms. The maximum atomic E-state index is 2.49. The molecule has 0 aliphatic heterocycles. The zero-order valence-electron chi connectivity index (χ0n) is 11.0. The molecule has 16 heavy (non-hydrogen) atoms. The van der Waals surface area contributed by atoms with Gasteiger partial charge in [0.05, 0.1) is 8.07 Å². The summed E-state index contributed by atoms with van der Waals surface area (Å²) in [6.45, 7) is 7.36. The van der Waals surface area contributed by atoms with Crippen LogP contribution < -0.4 is 5.19 Å². The second kappa shape index (κ2) is 4.75. The number of benzene rings is 1. The third-order valence-corrected chi connectivity index (χ3v) is 5.62. The normalized spacial score (nSPS) is 17.4. The molecule has 0 saturated heterocycles. The Bertz CT molecular complexity index is 334. The predicted octanol–water partition coefficient (Wildman–Crippen LogP) is 3.89. The number of hydrogen-bond donors (Lipinski definition) is 0. The van der Waals surface area contributed by atoms with Gasteiger partial charge in [-0.25, -0.2) is 0 Å². The van der Waals surface area contributed by atoms with Gasteiger partial charge in [0.25, 0.3) is 0 Å². The Morgan fingerprint density at radius 1 is 0.750 bits per heavy atom. The minimum Gasteiger partial charge on any atom is -0.0656 e. The van der Waals surface area contributed by atoms with Crippen LogP contribution in [0.15, 0.2) is 18.2 Å². The van der Waals surface area contributed by atoms with Crippen LogP contribution >= 0.6 is 0 Å². The average Bonchev–Trinajstić information content (AvgIpc) is 2.28. The number of hydrogen-bond acceptors (Lipinski definition) is 0. The Morgan fingerprint density at radius 2 is 1.25 bits per heavy atom. The Balaban J connectivity index is 2.36. The molecule has 0 unspecified atom stereocenters. The summed E-state index contributed by atoms with van der Waals surface area (Å²) in [5.74, 6) is 0. The van der Waals surface area contributed by atoms with Gasteiger partial charge < -0.3 is 0 Å². The highest BCUT2D eigenvalue weighted by Crippen LogP contribution is 2.17. The summed E-state index contributed by atoms with van der Waals surface area (Å²) < 4.78 is 0. The van der Waals surface area contributed by atoms with Gasteiger partial charge in [0.2, 0.25) is 0 Å². The number of rotatable bonds is 1. The molecule has 0 saturated carbocycles. The van der Waals surface area contributed by atoms with Crippen molar-refractivity contribution in [2.24, 2.45) is 0 Å². The van der Waals surface area contributed by atoms with Crippen molar-refractivity contribution in [3.05, 3.63) is 29.3 Å². The van der Waals surface area contributed by atoms with Crippen molar-refractivity contribution in [1.82, 2.24) is 0 Å². The molecule has 1 aliphatic carbocycles. The fourth-order valence-corrected chi connectivity index (χ4v) is 3.73. The fourth-order valence-electron chi connectivity index (χ4n) is 2.50. The summed E-state index contributed by atoms with van der Waals surface area (Å²) in [7, 11) is -1.13. The molecule has 1 aromatic carbocycles. The molecular formula is C15H24Si. The molecule has 0 heterocycles. The number of aryl methyl sites for hydroxylation is 2. The van der Waals surface area contributed by atoms with Crippen molar-refractivity contribution in [3.63, 3.8) is 0 Å². The highest BCUT2D eigenvalue weighted by atomic mass is 28.3. The fraction of sp³-hybridized carbons (Fsp3) is 0.600. The lowest BCUT2D eigenvalue weighted by Crippen LogP contribution is -2.38. The largest absolute Gasteiger partial charge is 0.0776 e. The summed E-state index contributed by atoms with van der Waals surface area (Å²) in [5, 5.41) is 1.65. The van der Waals surface area contributed by atoms with Crippen molar-refractivity contribution in [2.75, 3.05) is 0 Å². The molecule has 0 amide bonds. The van der Waals surface area contributed by atoms with E-state index in [2.05, 4.69) is 37.8 Å². The van der Waals surface area contributed by atoms with Gasteiger partial charge >= 0.3 is 0 Å². The van der Waals surface area contributed by atoms with Crippen LogP contribution in [0, 0.1) is 0 Å². The second-order valence-corrected chi connectivity index (χ2v) is 11.3. The minimum atomic E-state index is -1.13. The topological polar surface area (TPSA) is 0 Å². The van der Waals surface area contributed by atoms with Crippen LogP contribution in [-0.2, 0) is 12.8 Å². The van der Waals surface area contributed by atoms with Crippen molar-refractivity contribution < 1.29 is 0 Å². The Labute approximate surface area is 101 Å². The van der Waals surface area contributed by atoms with E-state index in [4.69, 9.17) is 0 Å². The Hall–Kier alpha value is -0.563. The Kier molecular flexibility index (Phi) is 3.53. The zero-order valence-corrected chi connectivity index (χ0v) is 12.0. The van der Waals surface area contributed by atoms with Gasteiger partial charge in [-0.15, -0.1) is 0 Å². The molecule has 0 aromatic heterocycles. The Morgan fingerprint density at radius 3 is 1.69 bits per heavy atom. The van der Waals surface area contributed by atoms with Gasteiger partial charge in [0, 0.05) is 0 Å². The first-order valence-electron chi connectivity index (χ1n) is 6.69. The van der Waals surface area contributed by atoms with Crippen LogP contribution in [0.4, 0.5) is 0 Å². The van der Waals surface area contributed by atoms with Crippen molar-refractivity contribution in [3.8, 4) is 0 Å².